The highest BCUT2D eigenvalue weighted by molar-refractivity contribution is 9.10. The van der Waals surface area contributed by atoms with Crippen molar-refractivity contribution < 1.29 is 4.42 Å². The molecule has 4 heteroatoms. The summed E-state index contributed by atoms with van der Waals surface area (Å²) in [6.07, 6.45) is 2.32. The number of nitrogens with zero attached hydrogens (tertiary/aromatic N) is 1. The average molecular weight is 295 g/mol. The lowest BCUT2D eigenvalue weighted by molar-refractivity contribution is 0.451. The van der Waals surface area contributed by atoms with Gasteiger partial charge in [-0.2, -0.15) is 0 Å². The van der Waals surface area contributed by atoms with Crippen molar-refractivity contribution in [3.05, 3.63) is 27.6 Å². The summed E-state index contributed by atoms with van der Waals surface area (Å²) in [6, 6.07) is 2.35. The minimum absolute atomic E-state index is 0.292. The van der Waals surface area contributed by atoms with Gasteiger partial charge in [0.15, 0.2) is 5.58 Å². The summed E-state index contributed by atoms with van der Waals surface area (Å²) >= 11 is 3.60. The summed E-state index contributed by atoms with van der Waals surface area (Å²) in [5, 5.41) is 3.41. The van der Waals surface area contributed by atoms with Crippen LogP contribution in [-0.2, 0) is 0 Å². The largest absolute Gasteiger partial charge is 0.439 e. The minimum Gasteiger partial charge on any atom is -0.439 e. The van der Waals surface area contributed by atoms with Crippen LogP contribution in [0.15, 0.2) is 15.0 Å². The molecule has 2 aromatic rings. The first-order chi connectivity index (χ1) is 8.16. The molecule has 1 N–H and O–H groups in total. The molecule has 0 saturated carbocycles. The number of halogens is 1. The van der Waals surface area contributed by atoms with E-state index in [1.165, 1.54) is 12.0 Å². The van der Waals surface area contributed by atoms with E-state index in [0.717, 1.165) is 40.0 Å². The first kappa shape index (κ1) is 11.2. The van der Waals surface area contributed by atoms with Crippen LogP contribution in [0, 0.1) is 13.8 Å². The molecular formula is C13H15BrN2O. The first-order valence-electron chi connectivity index (χ1n) is 5.96. The summed E-state index contributed by atoms with van der Waals surface area (Å²) in [5.74, 6) is 0.832. The van der Waals surface area contributed by atoms with Crippen molar-refractivity contribution in [1.82, 2.24) is 10.3 Å². The number of fused-ring (bicyclic) bond motifs is 1. The molecule has 0 aliphatic carbocycles. The fourth-order valence-electron chi connectivity index (χ4n) is 2.42. The van der Waals surface area contributed by atoms with Gasteiger partial charge in [-0.25, -0.2) is 4.98 Å². The summed E-state index contributed by atoms with van der Waals surface area (Å²) in [6.45, 7) is 5.21. The Morgan fingerprint density at radius 3 is 3.00 bits per heavy atom. The van der Waals surface area contributed by atoms with Gasteiger partial charge in [-0.3, -0.25) is 0 Å². The summed E-state index contributed by atoms with van der Waals surface area (Å²) in [5.41, 5.74) is 4.23. The Morgan fingerprint density at radius 1 is 1.47 bits per heavy atom. The van der Waals surface area contributed by atoms with E-state index < -0.39 is 0 Å². The summed E-state index contributed by atoms with van der Waals surface area (Å²) in [4.78, 5) is 4.64. The van der Waals surface area contributed by atoms with Gasteiger partial charge < -0.3 is 9.73 Å². The van der Waals surface area contributed by atoms with E-state index in [0.29, 0.717) is 6.04 Å². The third kappa shape index (κ3) is 1.79. The van der Waals surface area contributed by atoms with E-state index >= 15 is 0 Å². The van der Waals surface area contributed by atoms with E-state index in [9.17, 15) is 0 Å². The van der Waals surface area contributed by atoms with Crippen molar-refractivity contribution in [1.29, 1.82) is 0 Å². The zero-order valence-electron chi connectivity index (χ0n) is 10.0. The zero-order valence-corrected chi connectivity index (χ0v) is 11.6. The molecule has 3 rings (SSSR count). The van der Waals surface area contributed by atoms with E-state index in [1.54, 1.807) is 0 Å². The topological polar surface area (TPSA) is 38.1 Å². The highest BCUT2D eigenvalue weighted by Crippen LogP contribution is 2.32. The van der Waals surface area contributed by atoms with Crippen molar-refractivity contribution >= 4 is 27.0 Å². The standard InChI is InChI=1S/C13H15BrN2O/c1-7-6-10-12(8(2)11(7)14)16-13(17-10)9-4-3-5-15-9/h6,9,15H,3-5H2,1-2H3. The molecular weight excluding hydrogens is 280 g/mol. The Kier molecular flexibility index (Phi) is 2.71. The van der Waals surface area contributed by atoms with Crippen LogP contribution in [0.1, 0.15) is 35.9 Å². The molecule has 1 unspecified atom stereocenters. The molecule has 3 nitrogen and oxygen atoms in total. The lowest BCUT2D eigenvalue weighted by Crippen LogP contribution is -2.12. The normalized spacial score (nSPS) is 20.3. The summed E-state index contributed by atoms with van der Waals surface area (Å²) in [7, 11) is 0. The molecule has 0 amide bonds. The molecule has 1 fully saturated rings. The van der Waals surface area contributed by atoms with Crippen LogP contribution in [0.25, 0.3) is 11.1 Å². The number of benzene rings is 1. The number of hydrogen-bond donors (Lipinski definition) is 1. The Balaban J connectivity index is 2.15. The molecule has 0 bridgehead atoms. The molecule has 2 heterocycles. The molecule has 17 heavy (non-hydrogen) atoms. The van der Waals surface area contributed by atoms with Crippen molar-refractivity contribution in [2.24, 2.45) is 0 Å². The fraction of sp³-hybridized carbons (Fsp3) is 0.462. The van der Waals surface area contributed by atoms with Gasteiger partial charge in [0.05, 0.1) is 6.04 Å². The average Bonchev–Trinajstić information content (AvgIpc) is 2.93. The number of oxazole rings is 1. The zero-order chi connectivity index (χ0) is 12.0. The minimum atomic E-state index is 0.292. The molecule has 1 aliphatic heterocycles. The highest BCUT2D eigenvalue weighted by Gasteiger charge is 2.22. The van der Waals surface area contributed by atoms with Crippen LogP contribution in [-0.4, -0.2) is 11.5 Å². The molecule has 1 atom stereocenters. The van der Waals surface area contributed by atoms with E-state index in [4.69, 9.17) is 4.42 Å². The monoisotopic (exact) mass is 294 g/mol. The lowest BCUT2D eigenvalue weighted by atomic mass is 10.1. The van der Waals surface area contributed by atoms with Crippen LogP contribution >= 0.6 is 15.9 Å². The third-order valence-corrected chi connectivity index (χ3v) is 4.63. The maximum Gasteiger partial charge on any atom is 0.212 e. The van der Waals surface area contributed by atoms with Gasteiger partial charge in [-0.05, 0) is 50.4 Å². The third-order valence-electron chi connectivity index (χ3n) is 3.41. The maximum absolute atomic E-state index is 5.87. The van der Waals surface area contributed by atoms with Gasteiger partial charge in [-0.15, -0.1) is 0 Å². The van der Waals surface area contributed by atoms with Crippen molar-refractivity contribution in [3.8, 4) is 0 Å². The first-order valence-corrected chi connectivity index (χ1v) is 6.75. The number of aromatic nitrogens is 1. The van der Waals surface area contributed by atoms with Gasteiger partial charge in [0.1, 0.15) is 5.52 Å². The van der Waals surface area contributed by atoms with Gasteiger partial charge >= 0.3 is 0 Å². The van der Waals surface area contributed by atoms with Crippen LogP contribution in [0.3, 0.4) is 0 Å². The van der Waals surface area contributed by atoms with Crippen molar-refractivity contribution in [2.75, 3.05) is 6.54 Å². The van der Waals surface area contributed by atoms with E-state index in [-0.39, 0.29) is 0 Å². The number of aryl methyl sites for hydroxylation is 2. The smallest absolute Gasteiger partial charge is 0.212 e. The molecule has 1 saturated heterocycles. The van der Waals surface area contributed by atoms with Gasteiger partial charge in [-0.1, -0.05) is 15.9 Å². The Bertz CT molecular complexity index is 570. The lowest BCUT2D eigenvalue weighted by Gasteiger charge is -2.02. The summed E-state index contributed by atoms with van der Waals surface area (Å²) < 4.78 is 7.00. The van der Waals surface area contributed by atoms with E-state index in [1.807, 2.05) is 0 Å². The molecule has 1 aliphatic rings. The van der Waals surface area contributed by atoms with Crippen LogP contribution in [0.2, 0.25) is 0 Å². The predicted molar refractivity (Wildman–Crippen MR) is 71.2 cm³/mol. The fourth-order valence-corrected chi connectivity index (χ4v) is 2.72. The number of hydrogen-bond acceptors (Lipinski definition) is 3. The highest BCUT2D eigenvalue weighted by atomic mass is 79.9. The second kappa shape index (κ2) is 4.10. The van der Waals surface area contributed by atoms with E-state index in [2.05, 4.69) is 46.1 Å². The van der Waals surface area contributed by atoms with Crippen LogP contribution in [0.4, 0.5) is 0 Å². The quantitative estimate of drug-likeness (QED) is 0.873. The second-order valence-corrected chi connectivity index (χ2v) is 5.47. The molecule has 1 aromatic carbocycles. The molecule has 0 spiro atoms. The van der Waals surface area contributed by atoms with Crippen LogP contribution < -0.4 is 5.32 Å². The second-order valence-electron chi connectivity index (χ2n) is 4.68. The van der Waals surface area contributed by atoms with Gasteiger partial charge in [0.25, 0.3) is 0 Å². The Hall–Kier alpha value is -0.870. The SMILES string of the molecule is Cc1cc2oc(C3CCCN3)nc2c(C)c1Br. The van der Waals surface area contributed by atoms with Crippen molar-refractivity contribution in [3.63, 3.8) is 0 Å². The van der Waals surface area contributed by atoms with Crippen LogP contribution in [0.5, 0.6) is 0 Å². The Morgan fingerprint density at radius 2 is 2.29 bits per heavy atom. The molecule has 0 radical (unpaired) electrons. The van der Waals surface area contributed by atoms with Crippen molar-refractivity contribution in [2.45, 2.75) is 32.7 Å². The van der Waals surface area contributed by atoms with Gasteiger partial charge in [0.2, 0.25) is 5.89 Å². The number of rotatable bonds is 1. The predicted octanol–water partition coefficient (Wildman–Crippen LogP) is 3.63. The number of nitrogens with one attached hydrogen (secondary N) is 1. The molecule has 90 valence electrons. The Labute approximate surface area is 109 Å². The van der Waals surface area contributed by atoms with Gasteiger partial charge in [0, 0.05) is 4.47 Å². The maximum atomic E-state index is 5.87. The molecule has 1 aromatic heterocycles.